The maximum absolute atomic E-state index is 13.3. The molecule has 3 aromatic rings. The van der Waals surface area contributed by atoms with Gasteiger partial charge in [0.25, 0.3) is 5.91 Å². The van der Waals surface area contributed by atoms with Crippen molar-refractivity contribution >= 4 is 39.9 Å². The van der Waals surface area contributed by atoms with Crippen LogP contribution in [0.2, 0.25) is 5.02 Å². The molecule has 29 heavy (non-hydrogen) atoms. The third-order valence-corrected chi connectivity index (χ3v) is 5.16. The number of aromatic nitrogens is 1. The van der Waals surface area contributed by atoms with Gasteiger partial charge in [-0.05, 0) is 29.8 Å². The fourth-order valence-corrected chi connectivity index (χ4v) is 3.59. The zero-order chi connectivity index (χ0) is 20.8. The van der Waals surface area contributed by atoms with Crippen LogP contribution in [0.25, 0.3) is 0 Å². The highest BCUT2D eigenvalue weighted by molar-refractivity contribution is 7.15. The summed E-state index contributed by atoms with van der Waals surface area (Å²) in [5.41, 5.74) is 0.948. The number of thiazole rings is 1. The van der Waals surface area contributed by atoms with Gasteiger partial charge in [-0.2, -0.15) is 0 Å². The molecule has 0 saturated carbocycles. The van der Waals surface area contributed by atoms with Gasteiger partial charge in [0.15, 0.2) is 16.8 Å². The SMILES string of the molecule is O=C(CCNC(=O)c1ccccc1Cl)Nc1ncc(Cc2ccc(F)c(F)c2)s1. The molecule has 2 amide bonds. The molecule has 0 aliphatic carbocycles. The van der Waals surface area contributed by atoms with E-state index < -0.39 is 11.6 Å². The lowest BCUT2D eigenvalue weighted by molar-refractivity contribution is -0.116. The Hall–Kier alpha value is -2.84. The largest absolute Gasteiger partial charge is 0.351 e. The second-order valence-corrected chi connectivity index (χ2v) is 7.61. The summed E-state index contributed by atoms with van der Waals surface area (Å²) in [4.78, 5) is 29.0. The van der Waals surface area contributed by atoms with E-state index in [0.717, 1.165) is 17.0 Å². The van der Waals surface area contributed by atoms with E-state index in [1.165, 1.54) is 17.4 Å². The van der Waals surface area contributed by atoms with E-state index >= 15 is 0 Å². The van der Waals surface area contributed by atoms with Crippen molar-refractivity contribution in [3.8, 4) is 0 Å². The molecule has 0 bridgehead atoms. The van der Waals surface area contributed by atoms with E-state index in [4.69, 9.17) is 11.6 Å². The minimum Gasteiger partial charge on any atom is -0.351 e. The molecule has 0 fully saturated rings. The molecule has 150 valence electrons. The van der Waals surface area contributed by atoms with Crippen molar-refractivity contribution in [1.29, 1.82) is 0 Å². The Kier molecular flexibility index (Phi) is 6.90. The monoisotopic (exact) mass is 435 g/mol. The molecule has 3 rings (SSSR count). The van der Waals surface area contributed by atoms with Gasteiger partial charge in [-0.25, -0.2) is 13.8 Å². The van der Waals surface area contributed by atoms with Gasteiger partial charge in [-0.1, -0.05) is 29.8 Å². The molecule has 0 unspecified atom stereocenters. The van der Waals surface area contributed by atoms with E-state index in [9.17, 15) is 18.4 Å². The van der Waals surface area contributed by atoms with E-state index in [1.54, 1.807) is 30.5 Å². The van der Waals surface area contributed by atoms with Gasteiger partial charge >= 0.3 is 0 Å². The highest BCUT2D eigenvalue weighted by Gasteiger charge is 2.11. The number of hydrogen-bond donors (Lipinski definition) is 2. The van der Waals surface area contributed by atoms with Gasteiger partial charge in [0.2, 0.25) is 5.91 Å². The number of rotatable bonds is 7. The van der Waals surface area contributed by atoms with Gasteiger partial charge in [0, 0.05) is 30.5 Å². The summed E-state index contributed by atoms with van der Waals surface area (Å²) >= 11 is 7.20. The fourth-order valence-electron chi connectivity index (χ4n) is 2.51. The van der Waals surface area contributed by atoms with Crippen LogP contribution < -0.4 is 10.6 Å². The summed E-state index contributed by atoms with van der Waals surface area (Å²) in [7, 11) is 0. The van der Waals surface area contributed by atoms with Crippen LogP contribution in [0.5, 0.6) is 0 Å². The third-order valence-electron chi connectivity index (χ3n) is 3.92. The van der Waals surface area contributed by atoms with Crippen LogP contribution in [0.1, 0.15) is 27.2 Å². The lowest BCUT2D eigenvalue weighted by atomic mass is 10.1. The van der Waals surface area contributed by atoms with Gasteiger partial charge < -0.3 is 10.6 Å². The predicted octanol–water partition coefficient (Wildman–Crippen LogP) is 4.42. The van der Waals surface area contributed by atoms with E-state index in [2.05, 4.69) is 15.6 Å². The lowest BCUT2D eigenvalue weighted by Crippen LogP contribution is -2.27. The standard InChI is InChI=1S/C20H16ClF2N3O2S/c21-15-4-2-1-3-14(15)19(28)24-8-7-18(27)26-20-25-11-13(29-20)9-12-5-6-16(22)17(23)10-12/h1-6,10-11H,7-9H2,(H,24,28)(H,25,26,27). The van der Waals surface area contributed by atoms with Gasteiger partial charge in [0.05, 0.1) is 10.6 Å². The highest BCUT2D eigenvalue weighted by atomic mass is 35.5. The summed E-state index contributed by atoms with van der Waals surface area (Å²) in [5, 5.41) is 6.02. The molecule has 2 N–H and O–H groups in total. The van der Waals surface area contributed by atoms with Crippen molar-refractivity contribution in [1.82, 2.24) is 10.3 Å². The van der Waals surface area contributed by atoms with Gasteiger partial charge in [-0.3, -0.25) is 9.59 Å². The van der Waals surface area contributed by atoms with Crippen molar-refractivity contribution in [2.45, 2.75) is 12.8 Å². The Morgan fingerprint density at radius 2 is 1.90 bits per heavy atom. The van der Waals surface area contributed by atoms with Crippen LogP contribution >= 0.6 is 22.9 Å². The second kappa shape index (κ2) is 9.58. The Morgan fingerprint density at radius 1 is 1.10 bits per heavy atom. The summed E-state index contributed by atoms with van der Waals surface area (Å²) in [6.07, 6.45) is 2.01. The molecular weight excluding hydrogens is 420 g/mol. The zero-order valence-corrected chi connectivity index (χ0v) is 16.6. The highest BCUT2D eigenvalue weighted by Crippen LogP contribution is 2.22. The molecule has 5 nitrogen and oxygen atoms in total. The zero-order valence-electron chi connectivity index (χ0n) is 15.0. The summed E-state index contributed by atoms with van der Waals surface area (Å²) < 4.78 is 26.3. The third kappa shape index (κ3) is 5.82. The maximum Gasteiger partial charge on any atom is 0.252 e. The minimum absolute atomic E-state index is 0.0638. The molecule has 0 saturated heterocycles. The first-order valence-corrected chi connectivity index (χ1v) is 9.83. The van der Waals surface area contributed by atoms with E-state index in [0.29, 0.717) is 27.7 Å². The molecule has 0 aliphatic rings. The summed E-state index contributed by atoms with van der Waals surface area (Å²) in [6, 6.07) is 10.3. The first kappa shape index (κ1) is 20.9. The van der Waals surface area contributed by atoms with Crippen molar-refractivity contribution < 1.29 is 18.4 Å². The molecule has 2 aromatic carbocycles. The van der Waals surface area contributed by atoms with Crippen molar-refractivity contribution in [3.05, 3.63) is 81.3 Å². The number of nitrogens with one attached hydrogen (secondary N) is 2. The van der Waals surface area contributed by atoms with Crippen LogP contribution in [0.3, 0.4) is 0 Å². The first-order chi connectivity index (χ1) is 13.9. The number of carbonyl (C=O) groups excluding carboxylic acids is 2. The van der Waals surface area contributed by atoms with Crippen LogP contribution in [-0.4, -0.2) is 23.3 Å². The molecule has 0 atom stereocenters. The molecular formula is C20H16ClF2N3O2S. The minimum atomic E-state index is -0.903. The number of carbonyl (C=O) groups is 2. The van der Waals surface area contributed by atoms with Crippen LogP contribution in [0, 0.1) is 11.6 Å². The Balaban J connectivity index is 1.47. The fraction of sp³-hybridized carbons (Fsp3) is 0.150. The average Bonchev–Trinajstić information content (AvgIpc) is 3.11. The molecule has 1 heterocycles. The maximum atomic E-state index is 13.3. The van der Waals surface area contributed by atoms with E-state index in [1.807, 2.05) is 0 Å². The number of benzene rings is 2. The van der Waals surface area contributed by atoms with Gasteiger partial charge in [-0.15, -0.1) is 11.3 Å². The summed E-state index contributed by atoms with van der Waals surface area (Å²) in [5.74, 6) is -2.46. The smallest absolute Gasteiger partial charge is 0.252 e. The molecule has 9 heteroatoms. The Morgan fingerprint density at radius 3 is 2.66 bits per heavy atom. The van der Waals surface area contributed by atoms with Crippen molar-refractivity contribution in [2.75, 3.05) is 11.9 Å². The number of anilines is 1. The second-order valence-electron chi connectivity index (χ2n) is 6.09. The Labute approximate surface area is 174 Å². The summed E-state index contributed by atoms with van der Waals surface area (Å²) in [6.45, 7) is 0.142. The number of amides is 2. The van der Waals surface area contributed by atoms with Crippen LogP contribution in [-0.2, 0) is 11.2 Å². The van der Waals surface area contributed by atoms with Crippen LogP contribution in [0.15, 0.2) is 48.7 Å². The van der Waals surface area contributed by atoms with Gasteiger partial charge in [0.1, 0.15) is 0 Å². The molecule has 0 spiro atoms. The topological polar surface area (TPSA) is 71.1 Å². The molecule has 1 aromatic heterocycles. The normalized spacial score (nSPS) is 10.6. The Bertz CT molecular complexity index is 1040. The number of nitrogens with zero attached hydrogens (tertiary/aromatic N) is 1. The van der Waals surface area contributed by atoms with Crippen molar-refractivity contribution in [2.24, 2.45) is 0 Å². The molecule has 0 aliphatic heterocycles. The predicted molar refractivity (Wildman–Crippen MR) is 108 cm³/mol. The average molecular weight is 436 g/mol. The number of halogens is 3. The van der Waals surface area contributed by atoms with Crippen LogP contribution in [0.4, 0.5) is 13.9 Å². The quantitative estimate of drug-likeness (QED) is 0.577. The van der Waals surface area contributed by atoms with Crippen molar-refractivity contribution in [3.63, 3.8) is 0 Å². The molecule has 0 radical (unpaired) electrons. The van der Waals surface area contributed by atoms with E-state index in [-0.39, 0.29) is 24.8 Å². The number of hydrogen-bond acceptors (Lipinski definition) is 4. The first-order valence-electron chi connectivity index (χ1n) is 8.63. The lowest BCUT2D eigenvalue weighted by Gasteiger charge is -2.06.